The molecule has 0 fully saturated rings. The molecular weight excluding hydrogens is 286 g/mol. The first kappa shape index (κ1) is 15.5. The van der Waals surface area contributed by atoms with E-state index in [0.29, 0.717) is 5.92 Å². The molecule has 0 aliphatic rings. The molecule has 2 heterocycles. The van der Waals surface area contributed by atoms with Crippen LogP contribution in [0.5, 0.6) is 0 Å². The molecule has 1 aromatic carbocycles. The standard InChI is InChI=1S/C18H23N5/c1-15(14-22-11-9-20-16(22)2)12-19-13-17-4-6-18(7-5-17)23-10-3-8-21-23/h3-11,15,19H,12-14H2,1-2H3. The second kappa shape index (κ2) is 7.24. The van der Waals surface area contributed by atoms with Crippen LogP contribution < -0.4 is 5.32 Å². The van der Waals surface area contributed by atoms with Crippen molar-refractivity contribution in [1.29, 1.82) is 0 Å². The molecule has 1 N–H and O–H groups in total. The lowest BCUT2D eigenvalue weighted by molar-refractivity contribution is 0.440. The van der Waals surface area contributed by atoms with Gasteiger partial charge in [0.1, 0.15) is 5.82 Å². The number of hydrogen-bond acceptors (Lipinski definition) is 3. The first-order valence-corrected chi connectivity index (χ1v) is 8.00. The average Bonchev–Trinajstić information content (AvgIpc) is 3.21. The van der Waals surface area contributed by atoms with Gasteiger partial charge in [-0.25, -0.2) is 9.67 Å². The van der Waals surface area contributed by atoms with Crippen LogP contribution in [-0.2, 0) is 13.1 Å². The van der Waals surface area contributed by atoms with Crippen LogP contribution in [0.15, 0.2) is 55.1 Å². The largest absolute Gasteiger partial charge is 0.335 e. The zero-order chi connectivity index (χ0) is 16.1. The highest BCUT2D eigenvalue weighted by Crippen LogP contribution is 2.09. The number of rotatable bonds is 7. The highest BCUT2D eigenvalue weighted by Gasteiger charge is 2.05. The summed E-state index contributed by atoms with van der Waals surface area (Å²) in [5.41, 5.74) is 2.37. The quantitative estimate of drug-likeness (QED) is 0.730. The summed E-state index contributed by atoms with van der Waals surface area (Å²) >= 11 is 0. The smallest absolute Gasteiger partial charge is 0.105 e. The third kappa shape index (κ3) is 4.07. The normalized spacial score (nSPS) is 12.4. The maximum Gasteiger partial charge on any atom is 0.105 e. The minimum atomic E-state index is 0.561. The Morgan fingerprint density at radius 3 is 2.61 bits per heavy atom. The first-order valence-electron chi connectivity index (χ1n) is 8.00. The van der Waals surface area contributed by atoms with Crippen LogP contribution in [0.2, 0.25) is 0 Å². The molecule has 1 unspecified atom stereocenters. The molecule has 3 rings (SSSR count). The Kier molecular flexibility index (Phi) is 4.88. The summed E-state index contributed by atoms with van der Waals surface area (Å²) in [6.45, 7) is 7.16. The molecule has 120 valence electrons. The molecule has 0 spiro atoms. The van der Waals surface area contributed by atoms with Gasteiger partial charge in [0.05, 0.1) is 5.69 Å². The number of hydrogen-bond donors (Lipinski definition) is 1. The number of imidazole rings is 1. The molecule has 2 aromatic heterocycles. The zero-order valence-electron chi connectivity index (χ0n) is 13.7. The Morgan fingerprint density at radius 2 is 1.96 bits per heavy atom. The Balaban J connectivity index is 1.46. The van der Waals surface area contributed by atoms with E-state index in [2.05, 4.69) is 51.2 Å². The topological polar surface area (TPSA) is 47.7 Å². The van der Waals surface area contributed by atoms with Gasteiger partial charge >= 0.3 is 0 Å². The molecule has 0 radical (unpaired) electrons. The van der Waals surface area contributed by atoms with Crippen molar-refractivity contribution < 1.29 is 0 Å². The van der Waals surface area contributed by atoms with Gasteiger partial charge in [-0.15, -0.1) is 0 Å². The molecule has 0 amide bonds. The van der Waals surface area contributed by atoms with Gasteiger partial charge in [-0.1, -0.05) is 19.1 Å². The van der Waals surface area contributed by atoms with Crippen molar-refractivity contribution in [3.05, 3.63) is 66.5 Å². The summed E-state index contributed by atoms with van der Waals surface area (Å²) in [6.07, 6.45) is 7.64. The number of aromatic nitrogens is 4. The lowest BCUT2D eigenvalue weighted by atomic mass is 10.1. The van der Waals surface area contributed by atoms with Crippen molar-refractivity contribution in [2.24, 2.45) is 5.92 Å². The number of nitrogens with one attached hydrogen (secondary N) is 1. The van der Waals surface area contributed by atoms with Crippen molar-refractivity contribution >= 4 is 0 Å². The summed E-state index contributed by atoms with van der Waals surface area (Å²) in [6, 6.07) is 10.4. The number of benzene rings is 1. The molecule has 0 bridgehead atoms. The van der Waals surface area contributed by atoms with Crippen LogP contribution in [0.25, 0.3) is 5.69 Å². The van der Waals surface area contributed by atoms with E-state index in [9.17, 15) is 0 Å². The van der Waals surface area contributed by atoms with Gasteiger partial charge < -0.3 is 9.88 Å². The van der Waals surface area contributed by atoms with E-state index in [1.54, 1.807) is 6.20 Å². The third-order valence-corrected chi connectivity index (χ3v) is 3.96. The predicted molar refractivity (Wildman–Crippen MR) is 91.4 cm³/mol. The number of aryl methyl sites for hydroxylation is 1. The molecule has 5 heteroatoms. The lowest BCUT2D eigenvalue weighted by Crippen LogP contribution is -2.24. The fourth-order valence-corrected chi connectivity index (χ4v) is 2.65. The maximum atomic E-state index is 4.26. The minimum Gasteiger partial charge on any atom is -0.335 e. The van der Waals surface area contributed by atoms with Gasteiger partial charge in [0, 0.05) is 37.9 Å². The second-order valence-electron chi connectivity index (χ2n) is 5.98. The lowest BCUT2D eigenvalue weighted by Gasteiger charge is -2.14. The van der Waals surface area contributed by atoms with E-state index in [1.807, 2.05) is 36.3 Å². The monoisotopic (exact) mass is 309 g/mol. The van der Waals surface area contributed by atoms with E-state index < -0.39 is 0 Å². The molecule has 0 saturated carbocycles. The number of nitrogens with zero attached hydrogens (tertiary/aromatic N) is 4. The van der Waals surface area contributed by atoms with Crippen LogP contribution in [0.1, 0.15) is 18.3 Å². The molecule has 0 saturated heterocycles. The van der Waals surface area contributed by atoms with Crippen LogP contribution in [0, 0.1) is 12.8 Å². The summed E-state index contributed by atoms with van der Waals surface area (Å²) in [5, 5.41) is 7.77. The summed E-state index contributed by atoms with van der Waals surface area (Å²) in [5.74, 6) is 1.64. The summed E-state index contributed by atoms with van der Waals surface area (Å²) in [7, 11) is 0. The highest BCUT2D eigenvalue weighted by molar-refractivity contribution is 5.33. The Labute approximate surface area is 137 Å². The zero-order valence-corrected chi connectivity index (χ0v) is 13.7. The highest BCUT2D eigenvalue weighted by atomic mass is 15.3. The predicted octanol–water partition coefficient (Wildman–Crippen LogP) is 2.80. The maximum absolute atomic E-state index is 4.26. The van der Waals surface area contributed by atoms with Gasteiger partial charge in [-0.3, -0.25) is 0 Å². The van der Waals surface area contributed by atoms with Gasteiger partial charge in [-0.05, 0) is 43.1 Å². The SMILES string of the molecule is Cc1nccn1CC(C)CNCc1ccc(-n2cccn2)cc1. The molecular formula is C18H23N5. The van der Waals surface area contributed by atoms with Crippen molar-refractivity contribution in [3.63, 3.8) is 0 Å². The van der Waals surface area contributed by atoms with Crippen molar-refractivity contribution in [2.75, 3.05) is 6.54 Å². The fourth-order valence-electron chi connectivity index (χ4n) is 2.65. The fraction of sp³-hybridized carbons (Fsp3) is 0.333. The van der Waals surface area contributed by atoms with Crippen LogP contribution >= 0.6 is 0 Å². The molecule has 1 atom stereocenters. The Morgan fingerprint density at radius 1 is 1.13 bits per heavy atom. The molecule has 23 heavy (non-hydrogen) atoms. The summed E-state index contributed by atoms with van der Waals surface area (Å²) < 4.78 is 4.07. The average molecular weight is 309 g/mol. The van der Waals surface area contributed by atoms with Gasteiger partial charge in [0.25, 0.3) is 0 Å². The van der Waals surface area contributed by atoms with E-state index >= 15 is 0 Å². The van der Waals surface area contributed by atoms with E-state index in [4.69, 9.17) is 0 Å². The van der Waals surface area contributed by atoms with E-state index in [-0.39, 0.29) is 0 Å². The van der Waals surface area contributed by atoms with Crippen molar-refractivity contribution in [3.8, 4) is 5.69 Å². The van der Waals surface area contributed by atoms with Gasteiger partial charge in [0.2, 0.25) is 0 Å². The van der Waals surface area contributed by atoms with E-state index in [0.717, 1.165) is 31.1 Å². The van der Waals surface area contributed by atoms with Crippen LogP contribution in [0.3, 0.4) is 0 Å². The second-order valence-corrected chi connectivity index (χ2v) is 5.98. The summed E-state index contributed by atoms with van der Waals surface area (Å²) in [4.78, 5) is 4.26. The first-order chi connectivity index (χ1) is 11.2. The van der Waals surface area contributed by atoms with Gasteiger partial charge in [0.15, 0.2) is 0 Å². The minimum absolute atomic E-state index is 0.561. The third-order valence-electron chi connectivity index (χ3n) is 3.96. The van der Waals surface area contributed by atoms with Crippen molar-refractivity contribution in [2.45, 2.75) is 26.9 Å². The van der Waals surface area contributed by atoms with Crippen LogP contribution in [0.4, 0.5) is 0 Å². The van der Waals surface area contributed by atoms with Crippen LogP contribution in [-0.4, -0.2) is 25.9 Å². The van der Waals surface area contributed by atoms with Gasteiger partial charge in [-0.2, -0.15) is 5.10 Å². The Hall–Kier alpha value is -2.40. The molecule has 0 aliphatic heterocycles. The molecule has 0 aliphatic carbocycles. The molecule has 3 aromatic rings. The van der Waals surface area contributed by atoms with Crippen molar-refractivity contribution in [1.82, 2.24) is 24.6 Å². The Bertz CT molecular complexity index is 712. The molecule has 5 nitrogen and oxygen atoms in total. The van der Waals surface area contributed by atoms with E-state index in [1.165, 1.54) is 5.56 Å².